The lowest BCUT2D eigenvalue weighted by atomic mass is 10.0. The van der Waals surface area contributed by atoms with Crippen LogP contribution in [0, 0.1) is 0 Å². The highest BCUT2D eigenvalue weighted by Crippen LogP contribution is 2.28. The van der Waals surface area contributed by atoms with Crippen LogP contribution in [0.15, 0.2) is 53.4 Å². The predicted molar refractivity (Wildman–Crippen MR) is 103 cm³/mol. The van der Waals surface area contributed by atoms with Gasteiger partial charge in [-0.3, -0.25) is 4.90 Å². The minimum Gasteiger partial charge on any atom is -0.379 e. The Kier molecular flexibility index (Phi) is 6.55. The van der Waals surface area contributed by atoms with Crippen molar-refractivity contribution in [1.82, 2.24) is 9.62 Å². The lowest BCUT2D eigenvalue weighted by Gasteiger charge is -2.35. The van der Waals surface area contributed by atoms with E-state index in [1.54, 1.807) is 18.2 Å². The molecule has 0 aliphatic carbocycles. The monoisotopic (exact) mass is 414 g/mol. The molecule has 1 unspecified atom stereocenters. The van der Waals surface area contributed by atoms with Crippen LogP contribution in [0.2, 0.25) is 10.0 Å². The predicted octanol–water partition coefficient (Wildman–Crippen LogP) is 3.35. The molecule has 1 fully saturated rings. The minimum atomic E-state index is -3.73. The Morgan fingerprint density at radius 2 is 1.62 bits per heavy atom. The van der Waals surface area contributed by atoms with Crippen LogP contribution in [0.1, 0.15) is 11.6 Å². The number of halogens is 2. The van der Waals surface area contributed by atoms with E-state index in [0.29, 0.717) is 31.3 Å². The Labute approximate surface area is 163 Å². The molecule has 0 bridgehead atoms. The summed E-state index contributed by atoms with van der Waals surface area (Å²) in [5.74, 6) is 0. The first-order valence-corrected chi connectivity index (χ1v) is 10.5. The van der Waals surface area contributed by atoms with Gasteiger partial charge in [-0.2, -0.15) is 0 Å². The molecule has 1 N–H and O–H groups in total. The normalized spacial score (nSPS) is 17.2. The molecule has 1 aliphatic rings. The van der Waals surface area contributed by atoms with Crippen molar-refractivity contribution in [3.05, 3.63) is 64.1 Å². The molecular weight excluding hydrogens is 395 g/mol. The number of rotatable bonds is 6. The van der Waals surface area contributed by atoms with E-state index in [0.717, 1.165) is 5.56 Å². The highest BCUT2D eigenvalue weighted by molar-refractivity contribution is 7.89. The lowest BCUT2D eigenvalue weighted by molar-refractivity contribution is 0.0172. The highest BCUT2D eigenvalue weighted by Gasteiger charge is 2.27. The van der Waals surface area contributed by atoms with E-state index in [-0.39, 0.29) is 22.5 Å². The lowest BCUT2D eigenvalue weighted by Crippen LogP contribution is -2.43. The summed E-state index contributed by atoms with van der Waals surface area (Å²) in [7, 11) is -3.73. The van der Waals surface area contributed by atoms with Crippen molar-refractivity contribution in [3.8, 4) is 0 Å². The first-order valence-electron chi connectivity index (χ1n) is 8.29. The Morgan fingerprint density at radius 1 is 1.00 bits per heavy atom. The molecule has 5 nitrogen and oxygen atoms in total. The number of nitrogens with zero attached hydrogens (tertiary/aromatic N) is 1. The van der Waals surface area contributed by atoms with Crippen molar-refractivity contribution in [2.24, 2.45) is 0 Å². The molecular formula is C18H20Cl2N2O3S. The number of morpholine rings is 1. The molecule has 0 radical (unpaired) electrons. The SMILES string of the molecule is O=S(=O)(NCC(c1ccccc1Cl)N1CCOCC1)c1ccccc1Cl. The quantitative estimate of drug-likeness (QED) is 0.786. The number of hydrogen-bond donors (Lipinski definition) is 1. The number of nitrogens with one attached hydrogen (secondary N) is 1. The maximum Gasteiger partial charge on any atom is 0.242 e. The first-order chi connectivity index (χ1) is 12.5. The van der Waals surface area contributed by atoms with Crippen molar-refractivity contribution in [2.45, 2.75) is 10.9 Å². The van der Waals surface area contributed by atoms with Gasteiger partial charge >= 0.3 is 0 Å². The van der Waals surface area contributed by atoms with E-state index in [9.17, 15) is 8.42 Å². The molecule has 0 amide bonds. The molecule has 1 aliphatic heterocycles. The molecule has 1 atom stereocenters. The standard InChI is InChI=1S/C18H20Cl2N2O3S/c19-15-6-2-1-5-14(15)17(22-9-11-25-12-10-22)13-21-26(23,24)18-8-4-3-7-16(18)20/h1-8,17,21H,9-13H2. The van der Waals surface area contributed by atoms with Gasteiger partial charge in [0.1, 0.15) is 4.90 Å². The maximum atomic E-state index is 12.7. The topological polar surface area (TPSA) is 58.6 Å². The molecule has 2 aromatic carbocycles. The van der Waals surface area contributed by atoms with E-state index < -0.39 is 10.0 Å². The van der Waals surface area contributed by atoms with E-state index in [1.165, 1.54) is 6.07 Å². The minimum absolute atomic E-state index is 0.0709. The Bertz CT molecular complexity index is 855. The van der Waals surface area contributed by atoms with Crippen LogP contribution in [-0.4, -0.2) is 46.2 Å². The molecule has 8 heteroatoms. The van der Waals surface area contributed by atoms with Gasteiger partial charge in [-0.25, -0.2) is 13.1 Å². The molecule has 26 heavy (non-hydrogen) atoms. The van der Waals surface area contributed by atoms with Crippen LogP contribution in [0.4, 0.5) is 0 Å². The fraction of sp³-hybridized carbons (Fsp3) is 0.333. The second kappa shape index (κ2) is 8.69. The summed E-state index contributed by atoms with van der Waals surface area (Å²) in [6.07, 6.45) is 0. The third-order valence-corrected chi connectivity index (χ3v) is 6.61. The van der Waals surface area contributed by atoms with Crippen molar-refractivity contribution in [1.29, 1.82) is 0 Å². The van der Waals surface area contributed by atoms with Gasteiger partial charge in [0.2, 0.25) is 10.0 Å². The summed E-state index contributed by atoms with van der Waals surface area (Å²) in [6, 6.07) is 13.7. The van der Waals surface area contributed by atoms with E-state index in [2.05, 4.69) is 9.62 Å². The molecule has 140 valence electrons. The van der Waals surface area contributed by atoms with Crippen LogP contribution in [0.25, 0.3) is 0 Å². The van der Waals surface area contributed by atoms with Gasteiger partial charge in [0.25, 0.3) is 0 Å². The van der Waals surface area contributed by atoms with Gasteiger partial charge in [0.05, 0.1) is 18.2 Å². The average molecular weight is 415 g/mol. The smallest absolute Gasteiger partial charge is 0.242 e. The van der Waals surface area contributed by atoms with E-state index >= 15 is 0 Å². The van der Waals surface area contributed by atoms with Gasteiger partial charge in [-0.05, 0) is 23.8 Å². The second-order valence-corrected chi connectivity index (χ2v) is 8.52. The summed E-state index contributed by atoms with van der Waals surface area (Å²) >= 11 is 12.4. The third-order valence-electron chi connectivity index (χ3n) is 4.34. The van der Waals surface area contributed by atoms with Crippen molar-refractivity contribution >= 4 is 33.2 Å². The van der Waals surface area contributed by atoms with E-state index in [1.807, 2.05) is 24.3 Å². The van der Waals surface area contributed by atoms with Gasteiger partial charge < -0.3 is 4.74 Å². The molecule has 0 spiro atoms. The molecule has 2 aromatic rings. The molecule has 1 heterocycles. The summed E-state index contributed by atoms with van der Waals surface area (Å²) in [4.78, 5) is 2.25. The zero-order valence-corrected chi connectivity index (χ0v) is 16.4. The van der Waals surface area contributed by atoms with Crippen molar-refractivity contribution in [2.75, 3.05) is 32.8 Å². The van der Waals surface area contributed by atoms with Crippen LogP contribution < -0.4 is 4.72 Å². The molecule has 1 saturated heterocycles. The van der Waals surface area contributed by atoms with Crippen molar-refractivity contribution in [3.63, 3.8) is 0 Å². The fourth-order valence-electron chi connectivity index (χ4n) is 3.00. The highest BCUT2D eigenvalue weighted by atomic mass is 35.5. The largest absolute Gasteiger partial charge is 0.379 e. The number of sulfonamides is 1. The summed E-state index contributed by atoms with van der Waals surface area (Å²) in [6.45, 7) is 2.83. The van der Waals surface area contributed by atoms with Gasteiger partial charge in [0.15, 0.2) is 0 Å². The molecule has 3 rings (SSSR count). The Hall–Kier alpha value is -1.15. The number of benzene rings is 2. The third kappa shape index (κ3) is 4.57. The van der Waals surface area contributed by atoms with Gasteiger partial charge in [0, 0.05) is 30.7 Å². The summed E-state index contributed by atoms with van der Waals surface area (Å²) in [5.41, 5.74) is 0.887. The average Bonchev–Trinajstić information content (AvgIpc) is 2.64. The molecule has 0 aromatic heterocycles. The Balaban J connectivity index is 1.84. The van der Waals surface area contributed by atoms with Crippen LogP contribution in [0.3, 0.4) is 0 Å². The zero-order valence-electron chi connectivity index (χ0n) is 14.1. The molecule has 0 saturated carbocycles. The number of ether oxygens (including phenoxy) is 1. The van der Waals surface area contributed by atoms with Gasteiger partial charge in [-0.1, -0.05) is 53.5 Å². The van der Waals surface area contributed by atoms with Crippen molar-refractivity contribution < 1.29 is 13.2 Å². The first kappa shape index (κ1) is 19.6. The summed E-state index contributed by atoms with van der Waals surface area (Å²) < 4.78 is 33.5. The Morgan fingerprint density at radius 3 is 2.27 bits per heavy atom. The zero-order chi connectivity index (χ0) is 18.6. The fourth-order valence-corrected chi connectivity index (χ4v) is 4.82. The van der Waals surface area contributed by atoms with E-state index in [4.69, 9.17) is 27.9 Å². The summed E-state index contributed by atoms with van der Waals surface area (Å²) in [5, 5.41) is 0.807. The number of hydrogen-bond acceptors (Lipinski definition) is 4. The van der Waals surface area contributed by atoms with Gasteiger partial charge in [-0.15, -0.1) is 0 Å². The van der Waals surface area contributed by atoms with Crippen LogP contribution >= 0.6 is 23.2 Å². The van der Waals surface area contributed by atoms with Crippen LogP contribution in [-0.2, 0) is 14.8 Å². The maximum absolute atomic E-state index is 12.7. The van der Waals surface area contributed by atoms with Crippen LogP contribution in [0.5, 0.6) is 0 Å². The second-order valence-electron chi connectivity index (χ2n) is 5.97.